The van der Waals surface area contributed by atoms with Crippen LogP contribution in [0.1, 0.15) is 12.5 Å². The lowest BCUT2D eigenvalue weighted by Gasteiger charge is -2.32. The highest BCUT2D eigenvalue weighted by atomic mass is 16.5. The van der Waals surface area contributed by atoms with Gasteiger partial charge in [-0.05, 0) is 12.5 Å². The normalized spacial score (nSPS) is 19.3. The van der Waals surface area contributed by atoms with Crippen LogP contribution < -0.4 is 5.32 Å². The summed E-state index contributed by atoms with van der Waals surface area (Å²) in [5, 5.41) is 2.90. The maximum atomic E-state index is 12.2. The van der Waals surface area contributed by atoms with Gasteiger partial charge in [0.15, 0.2) is 6.04 Å². The van der Waals surface area contributed by atoms with E-state index in [4.69, 9.17) is 4.74 Å². The number of nitrogens with zero attached hydrogens (tertiary/aromatic N) is 1. The Labute approximate surface area is 112 Å². The van der Waals surface area contributed by atoms with Crippen molar-refractivity contribution in [3.63, 3.8) is 0 Å². The summed E-state index contributed by atoms with van der Waals surface area (Å²) in [6, 6.07) is 8.88. The fourth-order valence-corrected chi connectivity index (χ4v) is 2.09. The maximum absolute atomic E-state index is 12.2. The van der Waals surface area contributed by atoms with Gasteiger partial charge in [0.2, 0.25) is 0 Å². The number of hydrogen-bond donors (Lipinski definition) is 1. The van der Waals surface area contributed by atoms with E-state index < -0.39 is 12.0 Å². The van der Waals surface area contributed by atoms with Crippen molar-refractivity contribution in [2.75, 3.05) is 19.7 Å². The minimum atomic E-state index is -0.864. The number of amides is 1. The molecule has 1 fully saturated rings. The van der Waals surface area contributed by atoms with Crippen molar-refractivity contribution >= 4 is 11.9 Å². The molecule has 1 aromatic rings. The second kappa shape index (κ2) is 6.33. The minimum Gasteiger partial charge on any atom is -0.464 e. The number of benzene rings is 1. The summed E-state index contributed by atoms with van der Waals surface area (Å²) in [6.45, 7) is 3.73. The summed E-state index contributed by atoms with van der Waals surface area (Å²) in [4.78, 5) is 25.6. The van der Waals surface area contributed by atoms with Crippen molar-refractivity contribution in [3.8, 4) is 0 Å². The third-order valence-electron chi connectivity index (χ3n) is 3.03. The Balaban J connectivity index is 2.02. The molecule has 5 nitrogen and oxygen atoms in total. The second-order valence-electron chi connectivity index (χ2n) is 4.38. The summed E-state index contributed by atoms with van der Waals surface area (Å²) >= 11 is 0. The molecule has 2 rings (SSSR count). The summed E-state index contributed by atoms with van der Waals surface area (Å²) in [6.07, 6.45) is 0. The second-order valence-corrected chi connectivity index (χ2v) is 4.38. The SMILES string of the molecule is CCOC(=O)C1NCCN(Cc2ccccc2)C1=O. The number of ether oxygens (including phenoxy) is 1. The molecule has 0 saturated carbocycles. The predicted octanol–water partition coefficient (Wildman–Crippen LogP) is 0.550. The maximum Gasteiger partial charge on any atom is 0.332 e. The Bertz CT molecular complexity index is 447. The van der Waals surface area contributed by atoms with Crippen LogP contribution in [0.2, 0.25) is 0 Å². The van der Waals surface area contributed by atoms with Gasteiger partial charge in [-0.15, -0.1) is 0 Å². The summed E-state index contributed by atoms with van der Waals surface area (Å²) in [7, 11) is 0. The highest BCUT2D eigenvalue weighted by Crippen LogP contribution is 2.09. The van der Waals surface area contributed by atoms with E-state index in [1.165, 1.54) is 0 Å². The number of esters is 1. The van der Waals surface area contributed by atoms with Crippen LogP contribution in [-0.2, 0) is 20.9 Å². The van der Waals surface area contributed by atoms with Crippen LogP contribution in [0.25, 0.3) is 0 Å². The molecular formula is C14H18N2O3. The zero-order valence-corrected chi connectivity index (χ0v) is 11.0. The minimum absolute atomic E-state index is 0.214. The molecule has 1 atom stereocenters. The van der Waals surface area contributed by atoms with E-state index in [9.17, 15) is 9.59 Å². The molecule has 1 aliphatic heterocycles. The van der Waals surface area contributed by atoms with Crippen molar-refractivity contribution in [1.82, 2.24) is 10.2 Å². The van der Waals surface area contributed by atoms with Gasteiger partial charge in [-0.2, -0.15) is 0 Å². The molecule has 1 unspecified atom stereocenters. The molecule has 0 bridgehead atoms. The molecule has 19 heavy (non-hydrogen) atoms. The Morgan fingerprint density at radius 1 is 1.42 bits per heavy atom. The van der Waals surface area contributed by atoms with E-state index >= 15 is 0 Å². The molecule has 0 aliphatic carbocycles. The molecule has 5 heteroatoms. The van der Waals surface area contributed by atoms with Crippen molar-refractivity contribution in [1.29, 1.82) is 0 Å². The predicted molar refractivity (Wildman–Crippen MR) is 70.3 cm³/mol. The van der Waals surface area contributed by atoms with Gasteiger partial charge >= 0.3 is 5.97 Å². The topological polar surface area (TPSA) is 58.6 Å². The molecular weight excluding hydrogens is 244 g/mol. The van der Waals surface area contributed by atoms with Gasteiger partial charge in [0.05, 0.1) is 6.61 Å². The van der Waals surface area contributed by atoms with Gasteiger partial charge in [-0.3, -0.25) is 10.1 Å². The lowest BCUT2D eigenvalue weighted by molar-refractivity contribution is -0.154. The van der Waals surface area contributed by atoms with Crippen molar-refractivity contribution < 1.29 is 14.3 Å². The first-order valence-electron chi connectivity index (χ1n) is 6.45. The van der Waals surface area contributed by atoms with Crippen molar-refractivity contribution in [2.45, 2.75) is 19.5 Å². The van der Waals surface area contributed by atoms with Gasteiger partial charge in [0, 0.05) is 19.6 Å². The Morgan fingerprint density at radius 3 is 2.84 bits per heavy atom. The third-order valence-corrected chi connectivity index (χ3v) is 3.03. The standard InChI is InChI=1S/C14H18N2O3/c1-2-19-14(18)12-13(17)16(9-8-15-12)10-11-6-4-3-5-7-11/h3-7,12,15H,2,8-10H2,1H3. The Morgan fingerprint density at radius 2 is 2.16 bits per heavy atom. The lowest BCUT2D eigenvalue weighted by Crippen LogP contribution is -2.58. The zero-order valence-electron chi connectivity index (χ0n) is 11.0. The first-order valence-corrected chi connectivity index (χ1v) is 6.45. The summed E-state index contributed by atoms with van der Waals surface area (Å²) in [5.41, 5.74) is 1.06. The number of piperazine rings is 1. The van der Waals surface area contributed by atoms with E-state index in [0.717, 1.165) is 5.56 Å². The molecule has 1 aliphatic rings. The number of rotatable bonds is 4. The highest BCUT2D eigenvalue weighted by molar-refractivity contribution is 6.02. The number of carbonyl (C=O) groups is 2. The first kappa shape index (κ1) is 13.5. The molecule has 0 spiro atoms. The van der Waals surface area contributed by atoms with E-state index in [1.54, 1.807) is 11.8 Å². The highest BCUT2D eigenvalue weighted by Gasteiger charge is 2.34. The molecule has 0 aromatic heterocycles. The average molecular weight is 262 g/mol. The smallest absolute Gasteiger partial charge is 0.332 e. The fraction of sp³-hybridized carbons (Fsp3) is 0.429. The van der Waals surface area contributed by atoms with Gasteiger partial charge in [0.1, 0.15) is 0 Å². The van der Waals surface area contributed by atoms with Crippen molar-refractivity contribution in [3.05, 3.63) is 35.9 Å². The lowest BCUT2D eigenvalue weighted by atomic mass is 10.1. The number of nitrogens with one attached hydrogen (secondary N) is 1. The van der Waals surface area contributed by atoms with E-state index in [0.29, 0.717) is 19.6 Å². The average Bonchev–Trinajstić information content (AvgIpc) is 2.42. The summed E-state index contributed by atoms with van der Waals surface area (Å²) < 4.78 is 4.90. The molecule has 1 N–H and O–H groups in total. The van der Waals surface area contributed by atoms with Crippen molar-refractivity contribution in [2.24, 2.45) is 0 Å². The molecule has 1 amide bonds. The van der Waals surface area contributed by atoms with Crippen LogP contribution in [0.15, 0.2) is 30.3 Å². The van der Waals surface area contributed by atoms with E-state index in [1.807, 2.05) is 30.3 Å². The van der Waals surface area contributed by atoms with Crippen LogP contribution in [0.4, 0.5) is 0 Å². The molecule has 1 heterocycles. The molecule has 0 radical (unpaired) electrons. The summed E-state index contributed by atoms with van der Waals surface area (Å²) in [5.74, 6) is -0.709. The molecule has 102 valence electrons. The molecule has 1 saturated heterocycles. The van der Waals surface area contributed by atoms with Gasteiger partial charge in [-0.25, -0.2) is 4.79 Å². The van der Waals surface area contributed by atoms with Crippen LogP contribution in [0.5, 0.6) is 0 Å². The fourth-order valence-electron chi connectivity index (χ4n) is 2.09. The zero-order chi connectivity index (χ0) is 13.7. The van der Waals surface area contributed by atoms with Crippen LogP contribution in [0, 0.1) is 0 Å². The third kappa shape index (κ3) is 3.32. The van der Waals surface area contributed by atoms with Crippen LogP contribution in [-0.4, -0.2) is 42.5 Å². The van der Waals surface area contributed by atoms with Gasteiger partial charge < -0.3 is 9.64 Å². The quantitative estimate of drug-likeness (QED) is 0.636. The Kier molecular flexibility index (Phi) is 4.52. The number of carbonyl (C=O) groups excluding carboxylic acids is 2. The monoisotopic (exact) mass is 262 g/mol. The van der Waals surface area contributed by atoms with Crippen LogP contribution >= 0.6 is 0 Å². The van der Waals surface area contributed by atoms with E-state index in [-0.39, 0.29) is 12.5 Å². The first-order chi connectivity index (χ1) is 9.22. The van der Waals surface area contributed by atoms with E-state index in [2.05, 4.69) is 5.32 Å². The molecule has 1 aromatic carbocycles. The number of hydrogen-bond acceptors (Lipinski definition) is 4. The van der Waals surface area contributed by atoms with Crippen LogP contribution in [0.3, 0.4) is 0 Å². The Hall–Kier alpha value is -1.88. The van der Waals surface area contributed by atoms with Gasteiger partial charge in [0.25, 0.3) is 5.91 Å². The van der Waals surface area contributed by atoms with Gasteiger partial charge in [-0.1, -0.05) is 30.3 Å². The largest absolute Gasteiger partial charge is 0.464 e.